The Kier molecular flexibility index (Phi) is 6.51. The molecule has 0 amide bonds. The molecule has 1 aliphatic carbocycles. The monoisotopic (exact) mass is 344 g/mol. The largest absolute Gasteiger partial charge is 0.397 e. The van der Waals surface area contributed by atoms with E-state index in [2.05, 4.69) is 20.8 Å². The van der Waals surface area contributed by atoms with Crippen LogP contribution in [0, 0.1) is 11.8 Å². The van der Waals surface area contributed by atoms with Gasteiger partial charge in [-0.25, -0.2) is 0 Å². The zero-order valence-corrected chi connectivity index (χ0v) is 15.9. The molecule has 0 spiro atoms. The van der Waals surface area contributed by atoms with Crippen molar-refractivity contribution in [2.45, 2.75) is 70.5 Å². The fraction of sp³-hybridized carbons (Fsp3) is 1.00. The number of hydrogen-bond acceptors (Lipinski definition) is 5. The van der Waals surface area contributed by atoms with E-state index < -0.39 is 9.28 Å². The smallest absolute Gasteiger partial charge is 0.321 e. The van der Waals surface area contributed by atoms with Crippen LogP contribution in [0.25, 0.3) is 0 Å². The molecule has 5 nitrogen and oxygen atoms in total. The summed E-state index contributed by atoms with van der Waals surface area (Å²) in [6.07, 6.45) is 5.26. The van der Waals surface area contributed by atoms with Crippen molar-refractivity contribution in [3.05, 3.63) is 0 Å². The average molecular weight is 345 g/mol. The number of hydrogen-bond donors (Lipinski definition) is 0. The molecular formula is C17H32O5Si. The van der Waals surface area contributed by atoms with Crippen molar-refractivity contribution in [3.8, 4) is 0 Å². The Morgan fingerprint density at radius 2 is 1.87 bits per heavy atom. The molecular weight excluding hydrogens is 312 g/mol. The van der Waals surface area contributed by atoms with E-state index >= 15 is 0 Å². The maximum Gasteiger partial charge on any atom is 0.321 e. The summed E-state index contributed by atoms with van der Waals surface area (Å²) in [7, 11) is -1.61. The average Bonchev–Trinajstić information content (AvgIpc) is 3.44. The highest BCUT2D eigenvalue weighted by Gasteiger charge is 2.47. The first-order chi connectivity index (χ1) is 11.2. The Hall–Kier alpha value is 0.0169. The van der Waals surface area contributed by atoms with Crippen LogP contribution in [0.15, 0.2) is 0 Å². The van der Waals surface area contributed by atoms with Crippen molar-refractivity contribution < 1.29 is 23.1 Å². The van der Waals surface area contributed by atoms with E-state index in [4.69, 9.17) is 23.1 Å². The molecule has 1 saturated carbocycles. The van der Waals surface area contributed by atoms with Gasteiger partial charge in [0.1, 0.15) is 6.10 Å². The quantitative estimate of drug-likeness (QED) is 0.425. The third-order valence-corrected chi connectivity index (χ3v) is 7.71. The summed E-state index contributed by atoms with van der Waals surface area (Å²) in [4.78, 5) is 0. The molecule has 0 aromatic carbocycles. The van der Waals surface area contributed by atoms with Gasteiger partial charge in [0, 0.05) is 13.2 Å². The molecule has 0 N–H and O–H groups in total. The summed E-state index contributed by atoms with van der Waals surface area (Å²) in [5.41, 5.74) is 0. The first-order valence-electron chi connectivity index (χ1n) is 9.33. The minimum absolute atomic E-state index is 0.232. The molecule has 0 aromatic rings. The lowest BCUT2D eigenvalue weighted by Crippen LogP contribution is -2.37. The van der Waals surface area contributed by atoms with Gasteiger partial charge < -0.3 is 23.1 Å². The summed E-state index contributed by atoms with van der Waals surface area (Å²) < 4.78 is 29.0. The highest BCUT2D eigenvalue weighted by atomic mass is 28.3. The van der Waals surface area contributed by atoms with E-state index in [0.29, 0.717) is 30.1 Å². The van der Waals surface area contributed by atoms with Crippen LogP contribution in [0.3, 0.4) is 0 Å². The van der Waals surface area contributed by atoms with E-state index in [0.717, 1.165) is 32.5 Å². The van der Waals surface area contributed by atoms with Crippen LogP contribution in [0.4, 0.5) is 0 Å². The molecule has 0 radical (unpaired) electrons. The zero-order chi connectivity index (χ0) is 16.2. The van der Waals surface area contributed by atoms with Gasteiger partial charge in [-0.3, -0.25) is 0 Å². The van der Waals surface area contributed by atoms with Gasteiger partial charge in [0.2, 0.25) is 0 Å². The third-order valence-electron chi connectivity index (χ3n) is 5.37. The fourth-order valence-corrected chi connectivity index (χ4v) is 6.24. The Morgan fingerprint density at radius 3 is 2.48 bits per heavy atom. The van der Waals surface area contributed by atoms with E-state index in [1.807, 2.05) is 0 Å². The van der Waals surface area contributed by atoms with Gasteiger partial charge in [0.05, 0.1) is 31.5 Å². The second-order valence-electron chi connectivity index (χ2n) is 7.02. The van der Waals surface area contributed by atoms with Crippen LogP contribution in [0.2, 0.25) is 6.04 Å². The van der Waals surface area contributed by atoms with Crippen LogP contribution in [0.5, 0.6) is 0 Å². The Balaban J connectivity index is 1.58. The molecule has 3 rings (SSSR count). The summed E-state index contributed by atoms with van der Waals surface area (Å²) in [6.45, 7) is 9.40. The topological polar surface area (TPSA) is 52.8 Å². The van der Waals surface area contributed by atoms with E-state index in [1.165, 1.54) is 19.3 Å². The van der Waals surface area contributed by atoms with Crippen LogP contribution in [-0.2, 0) is 23.1 Å². The Labute approximate surface area is 141 Å². The van der Waals surface area contributed by atoms with Crippen molar-refractivity contribution in [3.63, 3.8) is 0 Å². The van der Waals surface area contributed by atoms with Crippen molar-refractivity contribution in [2.75, 3.05) is 26.4 Å². The summed E-state index contributed by atoms with van der Waals surface area (Å²) in [6, 6.07) is 1.04. The fourth-order valence-electron chi connectivity index (χ4n) is 3.92. The summed E-state index contributed by atoms with van der Waals surface area (Å²) in [5, 5.41) is 0. The molecule has 6 unspecified atom stereocenters. The summed E-state index contributed by atoms with van der Waals surface area (Å²) in [5.74, 6) is 1.18. The van der Waals surface area contributed by atoms with Crippen LogP contribution < -0.4 is 0 Å². The molecule has 2 heterocycles. The second kappa shape index (κ2) is 8.40. The van der Waals surface area contributed by atoms with Gasteiger partial charge in [-0.2, -0.15) is 0 Å². The van der Waals surface area contributed by atoms with Gasteiger partial charge in [0.25, 0.3) is 0 Å². The number of epoxide rings is 2. The maximum absolute atomic E-state index is 6.13. The highest BCUT2D eigenvalue weighted by molar-refractivity contribution is 6.44. The molecule has 23 heavy (non-hydrogen) atoms. The SMILES string of the molecule is CCO[SiH](CC(C1CCC2OC2C1)C(C)OCC1CO1)OCC. The molecule has 3 aliphatic rings. The van der Waals surface area contributed by atoms with Crippen molar-refractivity contribution in [1.29, 1.82) is 0 Å². The maximum atomic E-state index is 6.13. The van der Waals surface area contributed by atoms with E-state index in [1.54, 1.807) is 0 Å². The molecule has 0 bridgehead atoms. The van der Waals surface area contributed by atoms with E-state index in [9.17, 15) is 0 Å². The van der Waals surface area contributed by atoms with E-state index in [-0.39, 0.29) is 6.10 Å². The Bertz CT molecular complexity index is 359. The molecule has 2 saturated heterocycles. The standard InChI is InChI=1S/C17H32O5Si/c1-4-20-23(21-5-2)11-15(12(3)18-9-14-10-19-14)13-6-7-16-17(8-13)22-16/h12-17,23H,4-11H2,1-3H3. The lowest BCUT2D eigenvalue weighted by Gasteiger charge is -2.34. The molecule has 6 atom stereocenters. The number of fused-ring (bicyclic) bond motifs is 1. The normalized spacial score (nSPS) is 35.0. The Morgan fingerprint density at radius 1 is 1.13 bits per heavy atom. The number of ether oxygens (including phenoxy) is 3. The van der Waals surface area contributed by atoms with Gasteiger partial charge in [0.15, 0.2) is 0 Å². The highest BCUT2D eigenvalue weighted by Crippen LogP contribution is 2.44. The lowest BCUT2D eigenvalue weighted by molar-refractivity contribution is -0.00386. The minimum Gasteiger partial charge on any atom is -0.397 e. The lowest BCUT2D eigenvalue weighted by atomic mass is 9.78. The predicted octanol–water partition coefficient (Wildman–Crippen LogP) is 2.27. The molecule has 0 aromatic heterocycles. The van der Waals surface area contributed by atoms with Gasteiger partial charge in [-0.05, 0) is 57.9 Å². The van der Waals surface area contributed by atoms with Crippen LogP contribution >= 0.6 is 0 Å². The predicted molar refractivity (Wildman–Crippen MR) is 89.9 cm³/mol. The van der Waals surface area contributed by atoms with Crippen molar-refractivity contribution in [2.24, 2.45) is 11.8 Å². The molecule has 134 valence electrons. The second-order valence-corrected chi connectivity index (χ2v) is 9.02. The first kappa shape index (κ1) is 17.8. The first-order valence-corrected chi connectivity index (χ1v) is 11.1. The van der Waals surface area contributed by atoms with Crippen molar-refractivity contribution >= 4 is 9.28 Å². The molecule has 3 fully saturated rings. The summed E-state index contributed by atoms with van der Waals surface area (Å²) >= 11 is 0. The number of rotatable bonds is 11. The van der Waals surface area contributed by atoms with Gasteiger partial charge >= 0.3 is 9.28 Å². The minimum atomic E-state index is -1.61. The molecule has 2 aliphatic heterocycles. The van der Waals surface area contributed by atoms with Gasteiger partial charge in [-0.15, -0.1) is 0 Å². The van der Waals surface area contributed by atoms with Gasteiger partial charge in [-0.1, -0.05) is 0 Å². The zero-order valence-electron chi connectivity index (χ0n) is 14.7. The van der Waals surface area contributed by atoms with Crippen LogP contribution in [-0.4, -0.2) is 60.1 Å². The van der Waals surface area contributed by atoms with Crippen LogP contribution in [0.1, 0.15) is 40.0 Å². The van der Waals surface area contributed by atoms with Crippen molar-refractivity contribution in [1.82, 2.24) is 0 Å². The third kappa shape index (κ3) is 5.24. The molecule has 6 heteroatoms.